The van der Waals surface area contributed by atoms with Gasteiger partial charge in [-0.3, -0.25) is 0 Å². The predicted octanol–water partition coefficient (Wildman–Crippen LogP) is 4.69. The monoisotopic (exact) mass is 568 g/mol. The van der Waals surface area contributed by atoms with E-state index in [-0.39, 0.29) is 37.3 Å². The predicted molar refractivity (Wildman–Crippen MR) is 95.7 cm³/mol. The Kier molecular flexibility index (Phi) is 5.92. The molecule has 0 spiro atoms. The first-order chi connectivity index (χ1) is 13.6. The number of hydrogen-bond donors (Lipinski definition) is 0. The maximum atomic E-state index is 14.4. The molecule has 4 rings (SSSR count). The van der Waals surface area contributed by atoms with E-state index < -0.39 is 17.5 Å². The molecule has 4 aromatic rings. The van der Waals surface area contributed by atoms with Crippen molar-refractivity contribution in [3.8, 4) is 34.5 Å². The largest absolute Gasteiger partial charge is 0.316 e. The first kappa shape index (κ1) is 20.5. The molecule has 0 N–H and O–H groups in total. The van der Waals surface area contributed by atoms with Gasteiger partial charge in [0.15, 0.2) is 17.5 Å². The normalized spacial score (nSPS) is 10.3. The fraction of sp³-hybridized carbons (Fsp3) is 0. The standard InChI is InChI=1S/C21H10F3N4.Ir/c22-15-10-17(19(24)18(23)11-15)21-27-26-20(14-8-6-13(12-25)7-9-14)28(21)16-4-2-1-3-5-16;/h1-8,10-11H;/q-1;. The van der Waals surface area contributed by atoms with Gasteiger partial charge in [0.2, 0.25) is 0 Å². The molecule has 0 aliphatic rings. The van der Waals surface area contributed by atoms with Gasteiger partial charge in [-0.25, -0.2) is 18.4 Å². The van der Waals surface area contributed by atoms with Gasteiger partial charge in [-0.1, -0.05) is 18.2 Å². The van der Waals surface area contributed by atoms with E-state index in [2.05, 4.69) is 16.3 Å². The van der Waals surface area contributed by atoms with Crippen molar-refractivity contribution in [3.05, 3.63) is 89.7 Å². The van der Waals surface area contributed by atoms with Crippen molar-refractivity contribution in [2.45, 2.75) is 0 Å². The third-order valence-corrected chi connectivity index (χ3v) is 4.09. The van der Waals surface area contributed by atoms with E-state index in [4.69, 9.17) is 5.26 Å². The zero-order valence-corrected chi connectivity index (χ0v) is 16.9. The number of halogens is 3. The summed E-state index contributed by atoms with van der Waals surface area (Å²) in [6, 6.07) is 19.7. The van der Waals surface area contributed by atoms with Crippen LogP contribution in [0.5, 0.6) is 0 Å². The van der Waals surface area contributed by atoms with Crippen molar-refractivity contribution in [1.82, 2.24) is 14.8 Å². The van der Waals surface area contributed by atoms with Gasteiger partial charge in [-0.2, -0.15) is 5.10 Å². The third kappa shape index (κ3) is 3.83. The van der Waals surface area contributed by atoms with Crippen LogP contribution in [0.1, 0.15) is 5.56 Å². The Morgan fingerprint density at radius 3 is 2.31 bits per heavy atom. The first-order valence-electron chi connectivity index (χ1n) is 8.16. The molecule has 1 heterocycles. The van der Waals surface area contributed by atoms with Crippen LogP contribution in [0, 0.1) is 34.8 Å². The number of benzene rings is 3. The smallest absolute Gasteiger partial charge is 0.170 e. The maximum Gasteiger partial charge on any atom is 0.170 e. The zero-order chi connectivity index (χ0) is 19.7. The molecule has 0 bridgehead atoms. The Morgan fingerprint density at radius 1 is 0.931 bits per heavy atom. The van der Waals surface area contributed by atoms with Gasteiger partial charge in [-0.15, -0.1) is 34.9 Å². The molecule has 0 saturated carbocycles. The average Bonchev–Trinajstić information content (AvgIpc) is 3.16. The van der Waals surface area contributed by atoms with Crippen LogP contribution in [0.4, 0.5) is 13.2 Å². The molecule has 145 valence electrons. The van der Waals surface area contributed by atoms with Gasteiger partial charge >= 0.3 is 0 Å². The molecule has 0 atom stereocenters. The summed E-state index contributed by atoms with van der Waals surface area (Å²) in [6.07, 6.45) is 0. The molecule has 0 fully saturated rings. The van der Waals surface area contributed by atoms with Crippen molar-refractivity contribution in [1.29, 1.82) is 5.26 Å². The molecule has 0 amide bonds. The molecule has 0 aliphatic carbocycles. The van der Waals surface area contributed by atoms with Crippen LogP contribution in [0.2, 0.25) is 0 Å². The first-order valence-corrected chi connectivity index (χ1v) is 8.16. The van der Waals surface area contributed by atoms with E-state index in [0.29, 0.717) is 22.9 Å². The molecule has 1 aromatic heterocycles. The van der Waals surface area contributed by atoms with Crippen LogP contribution in [-0.2, 0) is 20.1 Å². The molecule has 1 radical (unpaired) electrons. The fourth-order valence-corrected chi connectivity index (χ4v) is 2.81. The van der Waals surface area contributed by atoms with Crippen LogP contribution in [0.3, 0.4) is 0 Å². The van der Waals surface area contributed by atoms with E-state index in [0.717, 1.165) is 6.07 Å². The Labute approximate surface area is 177 Å². The molecule has 0 aliphatic heterocycles. The molecule has 8 heteroatoms. The van der Waals surface area contributed by atoms with Gasteiger partial charge in [0.05, 0.1) is 11.4 Å². The van der Waals surface area contributed by atoms with Crippen LogP contribution >= 0.6 is 0 Å². The summed E-state index contributed by atoms with van der Waals surface area (Å²) in [5, 5.41) is 17.0. The molecule has 4 nitrogen and oxygen atoms in total. The number of nitrogens with zero attached hydrogens (tertiary/aromatic N) is 4. The van der Waals surface area contributed by atoms with Gasteiger partial charge in [0.25, 0.3) is 0 Å². The van der Waals surface area contributed by atoms with Crippen LogP contribution in [-0.4, -0.2) is 14.8 Å². The SMILES string of the molecule is N#Cc1c[c-]c(-c2nnc(-c3cc(F)cc(F)c3F)n2-c2ccccc2)cc1.[Ir]. The van der Waals surface area contributed by atoms with Crippen molar-refractivity contribution in [2.75, 3.05) is 0 Å². The fourth-order valence-electron chi connectivity index (χ4n) is 2.81. The summed E-state index contributed by atoms with van der Waals surface area (Å²) in [5.41, 5.74) is 1.11. The van der Waals surface area contributed by atoms with Crippen molar-refractivity contribution in [2.24, 2.45) is 0 Å². The summed E-state index contributed by atoms with van der Waals surface area (Å²) in [6.45, 7) is 0. The van der Waals surface area contributed by atoms with Crippen LogP contribution < -0.4 is 0 Å². The summed E-state index contributed by atoms with van der Waals surface area (Å²) >= 11 is 0. The van der Waals surface area contributed by atoms with Gasteiger partial charge in [-0.05, 0) is 23.8 Å². The van der Waals surface area contributed by atoms with Gasteiger partial charge in [0, 0.05) is 37.9 Å². The summed E-state index contributed by atoms with van der Waals surface area (Å²) in [4.78, 5) is 0. The van der Waals surface area contributed by atoms with E-state index in [9.17, 15) is 13.2 Å². The molecule has 3 aromatic carbocycles. The van der Waals surface area contributed by atoms with Crippen LogP contribution in [0.25, 0.3) is 28.5 Å². The Morgan fingerprint density at radius 2 is 1.66 bits per heavy atom. The second-order valence-electron chi connectivity index (χ2n) is 5.87. The summed E-state index contributed by atoms with van der Waals surface area (Å²) in [7, 11) is 0. The molecular weight excluding hydrogens is 557 g/mol. The van der Waals surface area contributed by atoms with E-state index in [1.54, 1.807) is 42.5 Å². The maximum absolute atomic E-state index is 14.4. The van der Waals surface area contributed by atoms with Crippen molar-refractivity contribution < 1.29 is 33.3 Å². The van der Waals surface area contributed by atoms with Gasteiger partial charge in [0.1, 0.15) is 5.82 Å². The second kappa shape index (κ2) is 8.39. The minimum atomic E-state index is -1.32. The van der Waals surface area contributed by atoms with Crippen molar-refractivity contribution in [3.63, 3.8) is 0 Å². The zero-order valence-electron chi connectivity index (χ0n) is 14.5. The van der Waals surface area contributed by atoms with Crippen molar-refractivity contribution >= 4 is 0 Å². The number of rotatable bonds is 3. The van der Waals surface area contributed by atoms with Gasteiger partial charge < -0.3 is 4.57 Å². The number of para-hydroxylation sites is 1. The van der Waals surface area contributed by atoms with E-state index in [1.165, 1.54) is 10.6 Å². The molecule has 0 saturated heterocycles. The van der Waals surface area contributed by atoms with E-state index in [1.807, 2.05) is 6.07 Å². The average molecular weight is 568 g/mol. The van der Waals surface area contributed by atoms with E-state index >= 15 is 0 Å². The molecule has 0 unspecified atom stereocenters. The third-order valence-electron chi connectivity index (χ3n) is 4.09. The quantitative estimate of drug-likeness (QED) is 0.267. The summed E-state index contributed by atoms with van der Waals surface area (Å²) < 4.78 is 43.4. The minimum Gasteiger partial charge on any atom is -0.316 e. The number of aromatic nitrogens is 3. The number of hydrogen-bond acceptors (Lipinski definition) is 3. The number of nitriles is 1. The van der Waals surface area contributed by atoms with Crippen LogP contribution in [0.15, 0.2) is 60.7 Å². The Bertz CT molecular complexity index is 1200. The summed E-state index contributed by atoms with van der Waals surface area (Å²) in [5.74, 6) is -3.24. The molecule has 29 heavy (non-hydrogen) atoms. The Balaban J connectivity index is 0.00000240. The second-order valence-corrected chi connectivity index (χ2v) is 5.87. The molecular formula is C21H10F3IrN4-. The topological polar surface area (TPSA) is 54.5 Å². The minimum absolute atomic E-state index is 0. The Hall–Kier alpha value is -3.27.